The van der Waals surface area contributed by atoms with Gasteiger partial charge in [0.1, 0.15) is 18.1 Å². The van der Waals surface area contributed by atoms with E-state index in [2.05, 4.69) is 0 Å². The maximum Gasteiger partial charge on any atom is 0.339 e. The number of nitrogens with zero attached hydrogens (tertiary/aromatic N) is 1. The zero-order chi connectivity index (χ0) is 16.9. The highest BCUT2D eigenvalue weighted by Crippen LogP contribution is 2.40. The fraction of sp³-hybridized carbons (Fsp3) is 0.471. The summed E-state index contributed by atoms with van der Waals surface area (Å²) in [6.45, 7) is 8.29. The zero-order valence-electron chi connectivity index (χ0n) is 13.7. The summed E-state index contributed by atoms with van der Waals surface area (Å²) < 4.78 is 11.3. The number of rotatable bonds is 2. The van der Waals surface area contributed by atoms with Crippen molar-refractivity contribution in [3.8, 4) is 5.75 Å². The van der Waals surface area contributed by atoms with Crippen LogP contribution in [0.3, 0.4) is 0 Å². The third-order valence-corrected chi connectivity index (χ3v) is 4.99. The first kappa shape index (κ1) is 16.3. The fourth-order valence-electron chi connectivity index (χ4n) is 2.75. The number of ether oxygens (including phenoxy) is 1. The van der Waals surface area contributed by atoms with E-state index in [4.69, 9.17) is 20.8 Å². The molecule has 2 heterocycles. The second kappa shape index (κ2) is 5.51. The van der Waals surface area contributed by atoms with Crippen LogP contribution in [0.4, 0.5) is 0 Å². The minimum atomic E-state index is -0.452. The molecule has 5 nitrogen and oxygen atoms in total. The number of halogens is 1. The molecule has 0 aliphatic carbocycles. The topological polar surface area (TPSA) is 62.9 Å². The van der Waals surface area contributed by atoms with Crippen molar-refractivity contribution < 1.29 is 14.3 Å². The second-order valence-electron chi connectivity index (χ2n) is 6.62. The van der Waals surface area contributed by atoms with Gasteiger partial charge in [0.25, 0.3) is 0 Å². The van der Waals surface area contributed by atoms with Gasteiger partial charge >= 0.3 is 5.63 Å². The zero-order valence-corrected chi connectivity index (χ0v) is 14.5. The van der Waals surface area contributed by atoms with Crippen LogP contribution in [0.15, 0.2) is 15.3 Å². The SMILES string of the molecule is Cc1c(C)c2cc(Cl)c3c(c2oc1=O)CN(C(C)(C)CO)CO3. The lowest BCUT2D eigenvalue weighted by molar-refractivity contribution is -0.0164. The molecular formula is C17H20ClNO4. The van der Waals surface area contributed by atoms with Gasteiger partial charge in [0.05, 0.1) is 17.2 Å². The summed E-state index contributed by atoms with van der Waals surface area (Å²) in [7, 11) is 0. The first-order valence-electron chi connectivity index (χ1n) is 7.50. The van der Waals surface area contributed by atoms with Crippen LogP contribution in [0.25, 0.3) is 11.0 Å². The summed E-state index contributed by atoms with van der Waals surface area (Å²) in [6.07, 6.45) is 0. The molecule has 0 bridgehead atoms. The summed E-state index contributed by atoms with van der Waals surface area (Å²) in [4.78, 5) is 14.1. The lowest BCUT2D eigenvalue weighted by Crippen LogP contribution is -2.49. The van der Waals surface area contributed by atoms with Crippen molar-refractivity contribution in [3.05, 3.63) is 38.2 Å². The van der Waals surface area contributed by atoms with E-state index in [9.17, 15) is 9.90 Å². The highest BCUT2D eigenvalue weighted by Gasteiger charge is 2.33. The number of hydrogen-bond donors (Lipinski definition) is 1. The van der Waals surface area contributed by atoms with Crippen LogP contribution in [0.5, 0.6) is 5.75 Å². The smallest absolute Gasteiger partial charge is 0.339 e. The van der Waals surface area contributed by atoms with Gasteiger partial charge in [-0.25, -0.2) is 4.79 Å². The Morgan fingerprint density at radius 2 is 2.04 bits per heavy atom. The lowest BCUT2D eigenvalue weighted by atomic mass is 9.99. The summed E-state index contributed by atoms with van der Waals surface area (Å²) in [6, 6.07) is 1.79. The molecule has 0 atom stereocenters. The highest BCUT2D eigenvalue weighted by atomic mass is 35.5. The van der Waals surface area contributed by atoms with Crippen molar-refractivity contribution in [2.24, 2.45) is 0 Å². The number of hydrogen-bond acceptors (Lipinski definition) is 5. The molecule has 0 unspecified atom stereocenters. The van der Waals surface area contributed by atoms with Gasteiger partial charge in [-0.2, -0.15) is 0 Å². The van der Waals surface area contributed by atoms with E-state index in [1.165, 1.54) is 0 Å². The molecule has 3 rings (SSSR count). The van der Waals surface area contributed by atoms with Crippen molar-refractivity contribution in [2.45, 2.75) is 39.8 Å². The van der Waals surface area contributed by atoms with Crippen LogP contribution in [-0.2, 0) is 6.54 Å². The van der Waals surface area contributed by atoms with Gasteiger partial charge in [0, 0.05) is 23.0 Å². The molecule has 1 aromatic carbocycles. The van der Waals surface area contributed by atoms with Crippen LogP contribution in [0, 0.1) is 13.8 Å². The van der Waals surface area contributed by atoms with Crippen molar-refractivity contribution in [1.29, 1.82) is 0 Å². The number of aryl methyl sites for hydroxylation is 1. The van der Waals surface area contributed by atoms with E-state index >= 15 is 0 Å². The van der Waals surface area contributed by atoms with Crippen LogP contribution < -0.4 is 10.4 Å². The van der Waals surface area contributed by atoms with Crippen molar-refractivity contribution in [1.82, 2.24) is 4.90 Å². The van der Waals surface area contributed by atoms with Gasteiger partial charge in [0.15, 0.2) is 0 Å². The van der Waals surface area contributed by atoms with Crippen molar-refractivity contribution in [3.63, 3.8) is 0 Å². The average molecular weight is 338 g/mol. The Labute approximate surface area is 139 Å². The monoisotopic (exact) mass is 337 g/mol. The quantitative estimate of drug-likeness (QED) is 0.853. The first-order chi connectivity index (χ1) is 10.8. The van der Waals surface area contributed by atoms with E-state index in [-0.39, 0.29) is 12.2 Å². The molecule has 0 spiro atoms. The standard InChI is InChI=1S/C17H20ClNO4/c1-9-10(2)16(21)23-14-11(9)5-13(18)15-12(14)6-19(8-22-15)17(3,4)7-20/h5,20H,6-8H2,1-4H3. The fourth-order valence-corrected chi connectivity index (χ4v) is 3.03. The van der Waals surface area contributed by atoms with Gasteiger partial charge in [0.2, 0.25) is 0 Å². The van der Waals surface area contributed by atoms with Gasteiger partial charge in [-0.15, -0.1) is 0 Å². The molecule has 1 aliphatic rings. The summed E-state index contributed by atoms with van der Waals surface area (Å²) in [5.41, 5.74) is 1.90. The molecule has 0 saturated carbocycles. The maximum absolute atomic E-state index is 12.1. The van der Waals surface area contributed by atoms with E-state index in [1.807, 2.05) is 25.7 Å². The Kier molecular flexibility index (Phi) is 3.91. The van der Waals surface area contributed by atoms with Crippen LogP contribution in [-0.4, -0.2) is 28.9 Å². The van der Waals surface area contributed by atoms with Crippen molar-refractivity contribution >= 4 is 22.6 Å². The summed E-state index contributed by atoms with van der Waals surface area (Å²) in [5.74, 6) is 0.551. The number of benzene rings is 1. The molecule has 0 radical (unpaired) electrons. The average Bonchev–Trinajstić information content (AvgIpc) is 2.54. The molecule has 6 heteroatoms. The van der Waals surface area contributed by atoms with E-state index in [0.29, 0.717) is 35.2 Å². The first-order valence-corrected chi connectivity index (χ1v) is 7.88. The molecular weight excluding hydrogens is 318 g/mol. The molecule has 0 amide bonds. The van der Waals surface area contributed by atoms with Crippen LogP contribution >= 0.6 is 11.6 Å². The normalized spacial score (nSPS) is 15.6. The molecule has 1 N–H and O–H groups in total. The Hall–Kier alpha value is -1.56. The van der Waals surface area contributed by atoms with Gasteiger partial charge in [-0.1, -0.05) is 11.6 Å². The van der Waals surface area contributed by atoms with Gasteiger partial charge in [-0.05, 0) is 39.3 Å². The molecule has 0 saturated heterocycles. The molecule has 1 aliphatic heterocycles. The highest BCUT2D eigenvalue weighted by molar-refractivity contribution is 6.33. The number of fused-ring (bicyclic) bond motifs is 3. The number of aliphatic hydroxyl groups excluding tert-OH is 1. The molecule has 124 valence electrons. The Morgan fingerprint density at radius 1 is 1.35 bits per heavy atom. The minimum Gasteiger partial charge on any atom is -0.476 e. The summed E-state index contributed by atoms with van der Waals surface area (Å²) in [5, 5.41) is 10.9. The van der Waals surface area contributed by atoms with Crippen LogP contribution in [0.2, 0.25) is 5.02 Å². The van der Waals surface area contributed by atoms with Gasteiger partial charge in [-0.3, -0.25) is 4.90 Å². The van der Waals surface area contributed by atoms with E-state index in [0.717, 1.165) is 16.5 Å². The van der Waals surface area contributed by atoms with E-state index < -0.39 is 5.54 Å². The predicted molar refractivity (Wildman–Crippen MR) is 89.2 cm³/mol. The molecule has 23 heavy (non-hydrogen) atoms. The predicted octanol–water partition coefficient (Wildman–Crippen LogP) is 2.99. The minimum absolute atomic E-state index is 0.00766. The second-order valence-corrected chi connectivity index (χ2v) is 7.03. The molecule has 1 aromatic heterocycles. The lowest BCUT2D eigenvalue weighted by Gasteiger charge is -2.40. The Balaban J connectivity index is 2.25. The van der Waals surface area contributed by atoms with Crippen molar-refractivity contribution in [2.75, 3.05) is 13.3 Å². The van der Waals surface area contributed by atoms with E-state index in [1.54, 1.807) is 13.0 Å². The Bertz CT molecular complexity index is 841. The van der Waals surface area contributed by atoms with Crippen LogP contribution in [0.1, 0.15) is 30.5 Å². The third kappa shape index (κ3) is 2.53. The Morgan fingerprint density at radius 3 is 2.70 bits per heavy atom. The van der Waals surface area contributed by atoms with Gasteiger partial charge < -0.3 is 14.3 Å². The molecule has 0 fully saturated rings. The number of aliphatic hydroxyl groups is 1. The third-order valence-electron chi connectivity index (χ3n) is 4.70. The molecule has 2 aromatic rings. The largest absolute Gasteiger partial charge is 0.476 e. The summed E-state index contributed by atoms with van der Waals surface area (Å²) >= 11 is 6.37. The maximum atomic E-state index is 12.1.